The Morgan fingerprint density at radius 2 is 1.90 bits per heavy atom. The van der Waals surface area contributed by atoms with E-state index in [0.717, 1.165) is 31.4 Å². The molecule has 1 unspecified atom stereocenters. The van der Waals surface area contributed by atoms with Gasteiger partial charge in [0.2, 0.25) is 0 Å². The Morgan fingerprint density at radius 1 is 1.13 bits per heavy atom. The highest BCUT2D eigenvalue weighted by molar-refractivity contribution is 5.88. The lowest BCUT2D eigenvalue weighted by molar-refractivity contribution is -0.137. The number of nitrogens with one attached hydrogen (secondary N) is 1. The molecule has 0 aliphatic carbocycles. The first kappa shape index (κ1) is 22.8. The number of ether oxygens (including phenoxy) is 1. The molecule has 1 atom stereocenters. The van der Waals surface area contributed by atoms with E-state index < -0.39 is 23.9 Å². The molecular weight excluding hydrogens is 411 g/mol. The minimum atomic E-state index is -4.54. The molecule has 2 aromatic heterocycles. The molecule has 0 saturated carbocycles. The van der Waals surface area contributed by atoms with Crippen LogP contribution in [0.1, 0.15) is 63.7 Å². The highest BCUT2D eigenvalue weighted by atomic mass is 19.4. The molecule has 0 fully saturated rings. The maximum atomic E-state index is 13.7. The van der Waals surface area contributed by atoms with Gasteiger partial charge in [-0.2, -0.15) is 13.2 Å². The lowest BCUT2D eigenvalue weighted by Gasteiger charge is -2.27. The number of rotatable bonds is 8. The summed E-state index contributed by atoms with van der Waals surface area (Å²) >= 11 is 0. The minimum Gasteiger partial charge on any atom is -0.441 e. The van der Waals surface area contributed by atoms with Crippen molar-refractivity contribution in [3.8, 4) is 11.4 Å². The molecule has 3 heterocycles. The molecule has 0 saturated heterocycles. The first-order valence-electron chi connectivity index (χ1n) is 10.5. The SMILES string of the molecule is CCCCN(CCC)c1cc(C(F)(F)F)cc(-c2ncnc3c2C(CC)OC(=O)N3)n1. The summed E-state index contributed by atoms with van der Waals surface area (Å²) in [5.74, 6) is 0.478. The quantitative estimate of drug-likeness (QED) is 0.580. The van der Waals surface area contributed by atoms with Crippen LogP contribution in [-0.2, 0) is 10.9 Å². The van der Waals surface area contributed by atoms with Crippen molar-refractivity contribution in [1.82, 2.24) is 15.0 Å². The van der Waals surface area contributed by atoms with Gasteiger partial charge in [-0.05, 0) is 31.4 Å². The molecule has 0 aromatic carbocycles. The highest BCUT2D eigenvalue weighted by Crippen LogP contribution is 2.39. The van der Waals surface area contributed by atoms with E-state index in [1.54, 1.807) is 0 Å². The van der Waals surface area contributed by atoms with E-state index >= 15 is 0 Å². The van der Waals surface area contributed by atoms with Crippen LogP contribution < -0.4 is 10.2 Å². The van der Waals surface area contributed by atoms with Crippen LogP contribution in [0.5, 0.6) is 0 Å². The number of anilines is 2. The van der Waals surface area contributed by atoms with Gasteiger partial charge < -0.3 is 9.64 Å². The second-order valence-electron chi connectivity index (χ2n) is 7.35. The van der Waals surface area contributed by atoms with Crippen molar-refractivity contribution in [2.45, 2.75) is 58.7 Å². The van der Waals surface area contributed by atoms with Crippen molar-refractivity contribution >= 4 is 17.7 Å². The Kier molecular flexibility index (Phi) is 6.97. The fourth-order valence-corrected chi connectivity index (χ4v) is 3.53. The molecule has 1 aliphatic heterocycles. The molecule has 0 radical (unpaired) electrons. The number of alkyl halides is 3. The molecule has 0 spiro atoms. The van der Waals surface area contributed by atoms with E-state index in [1.807, 2.05) is 25.7 Å². The third kappa shape index (κ3) is 5.05. The predicted octanol–water partition coefficient (Wildman–Crippen LogP) is 5.59. The van der Waals surface area contributed by atoms with Crippen LogP contribution in [0.4, 0.5) is 29.6 Å². The number of carbonyl (C=O) groups is 1. The lowest BCUT2D eigenvalue weighted by Crippen LogP contribution is -2.28. The van der Waals surface area contributed by atoms with Crippen LogP contribution in [0.2, 0.25) is 0 Å². The topological polar surface area (TPSA) is 80.2 Å². The zero-order valence-electron chi connectivity index (χ0n) is 17.8. The number of nitrogens with zero attached hydrogens (tertiary/aromatic N) is 4. The van der Waals surface area contributed by atoms with Crippen molar-refractivity contribution in [3.63, 3.8) is 0 Å². The Labute approximate surface area is 179 Å². The zero-order chi connectivity index (χ0) is 22.6. The molecule has 1 amide bonds. The Morgan fingerprint density at radius 3 is 2.55 bits per heavy atom. The number of hydrogen-bond donors (Lipinski definition) is 1. The average molecular weight is 437 g/mol. The number of halogens is 3. The summed E-state index contributed by atoms with van der Waals surface area (Å²) in [5, 5.41) is 2.49. The Hall–Kier alpha value is -2.91. The van der Waals surface area contributed by atoms with Crippen LogP contribution >= 0.6 is 0 Å². The smallest absolute Gasteiger partial charge is 0.416 e. The second-order valence-corrected chi connectivity index (χ2v) is 7.35. The molecule has 1 aliphatic rings. The first-order chi connectivity index (χ1) is 14.8. The summed E-state index contributed by atoms with van der Waals surface area (Å²) in [7, 11) is 0. The fraction of sp³-hybridized carbons (Fsp3) is 0.524. The van der Waals surface area contributed by atoms with E-state index in [9.17, 15) is 18.0 Å². The molecule has 10 heteroatoms. The summed E-state index contributed by atoms with van der Waals surface area (Å²) in [6.07, 6.45) is -1.72. The van der Waals surface area contributed by atoms with Crippen LogP contribution in [0.3, 0.4) is 0 Å². The largest absolute Gasteiger partial charge is 0.441 e. The van der Waals surface area contributed by atoms with Gasteiger partial charge in [0, 0.05) is 13.1 Å². The third-order valence-electron chi connectivity index (χ3n) is 5.03. The van der Waals surface area contributed by atoms with Gasteiger partial charge in [-0.15, -0.1) is 0 Å². The zero-order valence-corrected chi connectivity index (χ0v) is 17.8. The van der Waals surface area contributed by atoms with Crippen molar-refractivity contribution in [2.24, 2.45) is 0 Å². The number of aromatic nitrogens is 3. The number of amides is 1. The number of pyridine rings is 1. The van der Waals surface area contributed by atoms with Crippen LogP contribution in [-0.4, -0.2) is 34.1 Å². The van der Waals surface area contributed by atoms with E-state index in [2.05, 4.69) is 20.3 Å². The van der Waals surface area contributed by atoms with Gasteiger partial charge in [-0.3, -0.25) is 5.32 Å². The Balaban J connectivity index is 2.18. The molecule has 31 heavy (non-hydrogen) atoms. The van der Waals surface area contributed by atoms with Gasteiger partial charge in [-0.1, -0.05) is 27.2 Å². The molecule has 3 rings (SSSR count). The van der Waals surface area contributed by atoms with Crippen LogP contribution in [0.25, 0.3) is 11.4 Å². The van der Waals surface area contributed by atoms with Crippen molar-refractivity contribution in [2.75, 3.05) is 23.3 Å². The molecule has 1 N–H and O–H groups in total. The molecule has 7 nitrogen and oxygen atoms in total. The van der Waals surface area contributed by atoms with Gasteiger partial charge in [0.1, 0.15) is 29.8 Å². The van der Waals surface area contributed by atoms with Crippen LogP contribution in [0.15, 0.2) is 18.5 Å². The summed E-state index contributed by atoms with van der Waals surface area (Å²) in [4.78, 5) is 26.5. The van der Waals surface area contributed by atoms with Crippen molar-refractivity contribution in [1.29, 1.82) is 0 Å². The number of fused-ring (bicyclic) bond motifs is 1. The van der Waals surface area contributed by atoms with Crippen molar-refractivity contribution in [3.05, 3.63) is 29.6 Å². The van der Waals surface area contributed by atoms with Gasteiger partial charge in [0.05, 0.1) is 16.8 Å². The fourth-order valence-electron chi connectivity index (χ4n) is 3.53. The van der Waals surface area contributed by atoms with E-state index in [1.165, 1.54) is 6.33 Å². The first-order valence-corrected chi connectivity index (χ1v) is 10.5. The summed E-state index contributed by atoms with van der Waals surface area (Å²) in [5.41, 5.74) is -0.0836. The Bertz CT molecular complexity index is 936. The summed E-state index contributed by atoms with van der Waals surface area (Å²) in [6.45, 7) is 7.01. The number of unbranched alkanes of at least 4 members (excludes halogenated alkanes) is 1. The third-order valence-corrected chi connectivity index (χ3v) is 5.03. The van der Waals surface area contributed by atoms with Gasteiger partial charge in [0.15, 0.2) is 0 Å². The average Bonchev–Trinajstić information content (AvgIpc) is 2.74. The summed E-state index contributed by atoms with van der Waals surface area (Å²) < 4.78 is 46.5. The maximum Gasteiger partial charge on any atom is 0.416 e. The lowest BCUT2D eigenvalue weighted by atomic mass is 10.0. The normalized spacial score (nSPS) is 15.8. The van der Waals surface area contributed by atoms with Gasteiger partial charge in [0.25, 0.3) is 0 Å². The molecule has 168 valence electrons. The summed E-state index contributed by atoms with van der Waals surface area (Å²) in [6, 6.07) is 2.07. The van der Waals surface area contributed by atoms with Gasteiger partial charge >= 0.3 is 12.3 Å². The number of cyclic esters (lactones) is 1. The predicted molar refractivity (Wildman–Crippen MR) is 111 cm³/mol. The number of carbonyl (C=O) groups excluding carboxylic acids is 1. The van der Waals surface area contributed by atoms with E-state index in [-0.39, 0.29) is 23.0 Å². The molecule has 2 aromatic rings. The second kappa shape index (κ2) is 9.49. The monoisotopic (exact) mass is 437 g/mol. The minimum absolute atomic E-state index is 0.0688. The van der Waals surface area contributed by atoms with Crippen molar-refractivity contribution < 1.29 is 22.7 Å². The highest BCUT2D eigenvalue weighted by Gasteiger charge is 2.35. The number of hydrogen-bond acceptors (Lipinski definition) is 6. The molecular formula is C21H26F3N5O2. The maximum absolute atomic E-state index is 13.7. The van der Waals surface area contributed by atoms with E-state index in [0.29, 0.717) is 25.1 Å². The van der Waals surface area contributed by atoms with E-state index in [4.69, 9.17) is 4.74 Å². The molecule has 0 bridgehead atoms. The van der Waals surface area contributed by atoms with Crippen LogP contribution in [0, 0.1) is 0 Å². The standard InChI is InChI=1S/C21H26F3N5O2/c1-4-7-9-29(8-5-2)16-11-13(21(22,23)24)10-14(27-16)18-17-15(6-3)31-20(30)28-19(17)26-12-25-18/h10-12,15H,4-9H2,1-3H3,(H,25,26,28,30). The van der Waals surface area contributed by atoms with Gasteiger partial charge in [-0.25, -0.2) is 19.7 Å².